The molecule has 0 amide bonds. The summed E-state index contributed by atoms with van der Waals surface area (Å²) in [5.74, 6) is 0.582. The molecule has 1 fully saturated rings. The van der Waals surface area contributed by atoms with Crippen LogP contribution in [0.4, 0.5) is 0 Å². The van der Waals surface area contributed by atoms with Gasteiger partial charge in [0.15, 0.2) is 0 Å². The van der Waals surface area contributed by atoms with E-state index in [4.69, 9.17) is 5.73 Å². The van der Waals surface area contributed by atoms with Gasteiger partial charge in [-0.15, -0.1) is 0 Å². The molecule has 100 valence electrons. The van der Waals surface area contributed by atoms with E-state index in [1.165, 1.54) is 41.4 Å². The molecule has 2 unspecified atom stereocenters. The van der Waals surface area contributed by atoms with Gasteiger partial charge in [-0.05, 0) is 63.0 Å². The predicted octanol–water partition coefficient (Wildman–Crippen LogP) is 3.49. The number of rotatable bonds is 2. The van der Waals surface area contributed by atoms with Gasteiger partial charge in [0.25, 0.3) is 0 Å². The lowest BCUT2D eigenvalue weighted by molar-refractivity contribution is 0.196. The molecular formula is C15H23BrN2. The first-order valence-corrected chi connectivity index (χ1v) is 7.59. The number of hydrogen-bond donors (Lipinski definition) is 1. The molecule has 2 atom stereocenters. The Hall–Kier alpha value is -0.380. The quantitative estimate of drug-likeness (QED) is 0.906. The second kappa shape index (κ2) is 6.18. The fourth-order valence-corrected chi connectivity index (χ4v) is 3.30. The van der Waals surface area contributed by atoms with Crippen molar-refractivity contribution in [1.29, 1.82) is 0 Å². The van der Waals surface area contributed by atoms with Crippen LogP contribution >= 0.6 is 15.9 Å². The summed E-state index contributed by atoms with van der Waals surface area (Å²) in [7, 11) is 2.23. The van der Waals surface area contributed by atoms with E-state index < -0.39 is 0 Å². The zero-order chi connectivity index (χ0) is 13.1. The highest BCUT2D eigenvalue weighted by Gasteiger charge is 2.28. The normalized spacial score (nSPS) is 26.0. The van der Waals surface area contributed by atoms with E-state index in [1.807, 2.05) is 0 Å². The maximum Gasteiger partial charge on any atom is 0.0385 e. The average Bonchev–Trinajstić information content (AvgIpc) is 2.54. The minimum absolute atomic E-state index is 0.476. The van der Waals surface area contributed by atoms with Gasteiger partial charge in [-0.25, -0.2) is 0 Å². The highest BCUT2D eigenvalue weighted by atomic mass is 79.9. The number of halogens is 1. The predicted molar refractivity (Wildman–Crippen MR) is 80.6 cm³/mol. The van der Waals surface area contributed by atoms with Gasteiger partial charge >= 0.3 is 0 Å². The van der Waals surface area contributed by atoms with Crippen molar-refractivity contribution in [1.82, 2.24) is 4.90 Å². The summed E-state index contributed by atoms with van der Waals surface area (Å²) in [6, 6.07) is 7.19. The molecule has 1 aliphatic heterocycles. The maximum atomic E-state index is 5.99. The van der Waals surface area contributed by atoms with Crippen molar-refractivity contribution in [3.05, 3.63) is 33.8 Å². The fraction of sp³-hybridized carbons (Fsp3) is 0.600. The van der Waals surface area contributed by atoms with Gasteiger partial charge in [0.1, 0.15) is 0 Å². The molecule has 1 aromatic carbocycles. The van der Waals surface area contributed by atoms with Crippen molar-refractivity contribution < 1.29 is 0 Å². The number of nitrogens with zero attached hydrogens (tertiary/aromatic N) is 1. The Kier molecular flexibility index (Phi) is 4.82. The molecule has 0 aliphatic carbocycles. The van der Waals surface area contributed by atoms with Crippen molar-refractivity contribution in [2.24, 2.45) is 11.7 Å². The molecule has 2 N–H and O–H groups in total. The topological polar surface area (TPSA) is 29.3 Å². The van der Waals surface area contributed by atoms with Crippen LogP contribution in [-0.2, 0) is 0 Å². The lowest BCUT2D eigenvalue weighted by atomic mass is 9.89. The molecular weight excluding hydrogens is 288 g/mol. The standard InChI is InChI=1S/C15H23BrN2/c1-11-9-12(6-7-14(11)16)15-13(10-17)5-3-4-8-18(15)2/h6-7,9,13,15H,3-5,8,10,17H2,1-2H3. The number of aryl methyl sites for hydroxylation is 1. The second-order valence-corrected chi connectivity index (χ2v) is 6.28. The third-order valence-corrected chi connectivity index (χ3v) is 4.97. The van der Waals surface area contributed by atoms with Crippen LogP contribution in [0, 0.1) is 12.8 Å². The maximum absolute atomic E-state index is 5.99. The van der Waals surface area contributed by atoms with E-state index in [0.717, 1.165) is 6.54 Å². The molecule has 3 heteroatoms. The molecule has 2 nitrogen and oxygen atoms in total. The average molecular weight is 311 g/mol. The van der Waals surface area contributed by atoms with Crippen molar-refractivity contribution >= 4 is 15.9 Å². The van der Waals surface area contributed by atoms with Gasteiger partial charge in [-0.2, -0.15) is 0 Å². The van der Waals surface area contributed by atoms with Gasteiger partial charge in [0.2, 0.25) is 0 Å². The largest absolute Gasteiger partial charge is 0.330 e. The monoisotopic (exact) mass is 310 g/mol. The SMILES string of the molecule is Cc1cc(C2C(CN)CCCCN2C)ccc1Br. The number of benzene rings is 1. The first-order valence-electron chi connectivity index (χ1n) is 6.80. The molecule has 18 heavy (non-hydrogen) atoms. The van der Waals surface area contributed by atoms with E-state index in [0.29, 0.717) is 12.0 Å². The molecule has 0 radical (unpaired) electrons. The summed E-state index contributed by atoms with van der Waals surface area (Å²) in [6.07, 6.45) is 3.85. The van der Waals surface area contributed by atoms with Crippen LogP contribution in [0.3, 0.4) is 0 Å². The summed E-state index contributed by atoms with van der Waals surface area (Å²) in [5.41, 5.74) is 8.71. The van der Waals surface area contributed by atoms with E-state index in [9.17, 15) is 0 Å². The van der Waals surface area contributed by atoms with E-state index in [1.54, 1.807) is 0 Å². The summed E-state index contributed by atoms with van der Waals surface area (Å²) < 4.78 is 1.19. The number of likely N-dealkylation sites (tertiary alicyclic amines) is 1. The lowest BCUT2D eigenvalue weighted by Crippen LogP contribution is -2.33. The fourth-order valence-electron chi connectivity index (χ4n) is 3.05. The Balaban J connectivity index is 2.33. The molecule has 0 aromatic heterocycles. The van der Waals surface area contributed by atoms with Crippen LogP contribution in [0.25, 0.3) is 0 Å². The highest BCUT2D eigenvalue weighted by Crippen LogP contribution is 2.34. The summed E-state index contributed by atoms with van der Waals surface area (Å²) >= 11 is 3.58. The Morgan fingerprint density at radius 2 is 2.17 bits per heavy atom. The van der Waals surface area contributed by atoms with Crippen molar-refractivity contribution in [2.75, 3.05) is 20.1 Å². The Morgan fingerprint density at radius 1 is 1.39 bits per heavy atom. The van der Waals surface area contributed by atoms with Crippen LogP contribution in [0.5, 0.6) is 0 Å². The zero-order valence-corrected chi connectivity index (χ0v) is 12.9. The van der Waals surface area contributed by atoms with Crippen molar-refractivity contribution in [3.63, 3.8) is 0 Å². The van der Waals surface area contributed by atoms with E-state index >= 15 is 0 Å². The van der Waals surface area contributed by atoms with Gasteiger partial charge in [-0.1, -0.05) is 34.5 Å². The highest BCUT2D eigenvalue weighted by molar-refractivity contribution is 9.10. The van der Waals surface area contributed by atoms with Gasteiger partial charge in [-0.3, -0.25) is 4.90 Å². The molecule has 0 saturated carbocycles. The summed E-state index contributed by atoms with van der Waals surface area (Å²) in [6.45, 7) is 4.11. The summed E-state index contributed by atoms with van der Waals surface area (Å²) in [4.78, 5) is 2.48. The number of hydrogen-bond acceptors (Lipinski definition) is 2. The minimum Gasteiger partial charge on any atom is -0.330 e. The third kappa shape index (κ3) is 2.95. The molecule has 0 spiro atoms. The number of nitrogens with two attached hydrogens (primary N) is 1. The molecule has 1 heterocycles. The molecule has 2 rings (SSSR count). The van der Waals surface area contributed by atoms with Crippen LogP contribution < -0.4 is 5.73 Å². The Morgan fingerprint density at radius 3 is 2.83 bits per heavy atom. The Labute approximate surface area is 119 Å². The zero-order valence-electron chi connectivity index (χ0n) is 11.3. The molecule has 1 saturated heterocycles. The second-order valence-electron chi connectivity index (χ2n) is 5.43. The minimum atomic E-state index is 0.476. The van der Waals surface area contributed by atoms with Crippen molar-refractivity contribution in [2.45, 2.75) is 32.2 Å². The van der Waals surface area contributed by atoms with Crippen LogP contribution in [-0.4, -0.2) is 25.0 Å². The first kappa shape index (κ1) is 14.0. The lowest BCUT2D eigenvalue weighted by Gasteiger charge is -2.32. The van der Waals surface area contributed by atoms with E-state index in [-0.39, 0.29) is 0 Å². The summed E-state index contributed by atoms with van der Waals surface area (Å²) in [5, 5.41) is 0. The molecule has 1 aliphatic rings. The first-order chi connectivity index (χ1) is 8.63. The molecule has 0 bridgehead atoms. The molecule has 1 aromatic rings. The van der Waals surface area contributed by atoms with Crippen LogP contribution in [0.1, 0.15) is 36.4 Å². The Bertz CT molecular complexity index is 405. The van der Waals surface area contributed by atoms with Gasteiger partial charge < -0.3 is 5.73 Å². The van der Waals surface area contributed by atoms with Gasteiger partial charge in [0.05, 0.1) is 0 Å². The van der Waals surface area contributed by atoms with Crippen LogP contribution in [0.2, 0.25) is 0 Å². The third-order valence-electron chi connectivity index (χ3n) is 4.08. The van der Waals surface area contributed by atoms with Crippen molar-refractivity contribution in [3.8, 4) is 0 Å². The van der Waals surface area contributed by atoms with Crippen LogP contribution in [0.15, 0.2) is 22.7 Å². The van der Waals surface area contributed by atoms with Gasteiger partial charge in [0, 0.05) is 10.5 Å². The van der Waals surface area contributed by atoms with E-state index in [2.05, 4.69) is 53.0 Å². The smallest absolute Gasteiger partial charge is 0.0385 e.